The largest absolute Gasteiger partial charge is 0.495 e. The highest BCUT2D eigenvalue weighted by Gasteiger charge is 2.47. The van der Waals surface area contributed by atoms with Gasteiger partial charge in [0.25, 0.3) is 0 Å². The summed E-state index contributed by atoms with van der Waals surface area (Å²) in [6.07, 6.45) is 6.68. The Morgan fingerprint density at radius 3 is 2.30 bits per heavy atom. The number of benzene rings is 1. The monoisotopic (exact) mass is 512 g/mol. The number of rotatable bonds is 6. The first kappa shape index (κ1) is 25.5. The molecule has 9 heteroatoms. The third-order valence-corrected chi connectivity index (χ3v) is 8.69. The highest BCUT2D eigenvalue weighted by molar-refractivity contribution is 5.79. The van der Waals surface area contributed by atoms with Gasteiger partial charge in [0.2, 0.25) is 5.91 Å². The van der Waals surface area contributed by atoms with Gasteiger partial charge >= 0.3 is 6.09 Å². The number of piperidine rings is 2. The number of aliphatic hydroxyl groups excluding tert-OH is 1. The van der Waals surface area contributed by atoms with Crippen molar-refractivity contribution >= 4 is 17.7 Å². The van der Waals surface area contributed by atoms with Crippen molar-refractivity contribution in [2.75, 3.05) is 45.0 Å². The van der Waals surface area contributed by atoms with Gasteiger partial charge in [-0.15, -0.1) is 0 Å². The van der Waals surface area contributed by atoms with Crippen LogP contribution in [0.1, 0.15) is 51.4 Å². The summed E-state index contributed by atoms with van der Waals surface area (Å²) >= 11 is 0. The number of carbonyl (C=O) groups excluding carboxylic acids is 2. The quantitative estimate of drug-likeness (QED) is 0.441. The predicted molar refractivity (Wildman–Crippen MR) is 140 cm³/mol. The summed E-state index contributed by atoms with van der Waals surface area (Å²) in [5, 5.41) is 9.62. The van der Waals surface area contributed by atoms with E-state index in [1.54, 1.807) is 0 Å². The van der Waals surface area contributed by atoms with Gasteiger partial charge in [0.05, 0.1) is 6.54 Å². The average Bonchev–Trinajstić information content (AvgIpc) is 3.20. The lowest BCUT2D eigenvalue weighted by Gasteiger charge is -2.38. The summed E-state index contributed by atoms with van der Waals surface area (Å²) in [6.45, 7) is 7.68. The van der Waals surface area contributed by atoms with E-state index in [2.05, 4.69) is 6.58 Å². The zero-order chi connectivity index (χ0) is 26.0. The molecule has 0 unspecified atom stereocenters. The fraction of sp³-hybridized carbons (Fsp3) is 0.643. The Kier molecular flexibility index (Phi) is 7.40. The zero-order valence-electron chi connectivity index (χ0n) is 21.6. The average molecular weight is 513 g/mol. The summed E-state index contributed by atoms with van der Waals surface area (Å²) in [6, 6.07) is 7.47. The number of ether oxygens (including phenoxy) is 2. The van der Waals surface area contributed by atoms with E-state index in [0.717, 1.165) is 63.1 Å². The molecule has 3 aliphatic heterocycles. The molecule has 1 aliphatic carbocycles. The molecule has 1 aromatic rings. The van der Waals surface area contributed by atoms with Crippen molar-refractivity contribution in [1.82, 2.24) is 14.7 Å². The first-order valence-corrected chi connectivity index (χ1v) is 13.7. The summed E-state index contributed by atoms with van der Waals surface area (Å²) < 4.78 is 11.9. The van der Waals surface area contributed by atoms with E-state index in [-0.39, 0.29) is 29.9 Å². The van der Waals surface area contributed by atoms with Crippen molar-refractivity contribution in [2.24, 2.45) is 11.8 Å². The van der Waals surface area contributed by atoms with Crippen molar-refractivity contribution < 1.29 is 24.2 Å². The molecule has 4 fully saturated rings. The maximum absolute atomic E-state index is 13.2. The van der Waals surface area contributed by atoms with Crippen molar-refractivity contribution in [3.05, 3.63) is 36.7 Å². The fourth-order valence-electron chi connectivity index (χ4n) is 6.36. The Hall–Kier alpha value is -3.10. The van der Waals surface area contributed by atoms with Crippen LogP contribution in [0.2, 0.25) is 0 Å². The number of nitrogens with zero attached hydrogens (tertiary/aromatic N) is 3. The van der Waals surface area contributed by atoms with Gasteiger partial charge in [0.1, 0.15) is 17.5 Å². The number of likely N-dealkylation sites (tertiary alicyclic amines) is 2. The van der Waals surface area contributed by atoms with Crippen molar-refractivity contribution in [3.63, 3.8) is 0 Å². The molecule has 0 atom stereocenters. The van der Waals surface area contributed by atoms with E-state index >= 15 is 0 Å². The smallest absolute Gasteiger partial charge is 0.410 e. The number of hydrogen-bond donors (Lipinski definition) is 2. The van der Waals surface area contributed by atoms with Crippen LogP contribution in [-0.4, -0.2) is 82.8 Å². The number of nitrogen functional groups attached to an aromatic ring is 1. The third kappa shape index (κ3) is 5.91. The highest BCUT2D eigenvalue weighted by Crippen LogP contribution is 2.37. The predicted octanol–water partition coefficient (Wildman–Crippen LogP) is 3.76. The number of hydrogen-bond acceptors (Lipinski definition) is 7. The summed E-state index contributed by atoms with van der Waals surface area (Å²) in [7, 11) is 0. The van der Waals surface area contributed by atoms with Crippen LogP contribution in [0, 0.1) is 11.8 Å². The molecule has 3 N–H and O–H groups in total. The normalized spacial score (nSPS) is 26.3. The third-order valence-electron chi connectivity index (χ3n) is 8.69. The summed E-state index contributed by atoms with van der Waals surface area (Å²) in [5.41, 5.74) is 6.02. The molecule has 0 aromatic heterocycles. The Morgan fingerprint density at radius 1 is 1.03 bits per heavy atom. The van der Waals surface area contributed by atoms with E-state index in [4.69, 9.17) is 15.2 Å². The van der Waals surface area contributed by atoms with Crippen molar-refractivity contribution in [1.29, 1.82) is 0 Å². The second kappa shape index (κ2) is 10.7. The van der Waals surface area contributed by atoms with Crippen LogP contribution in [0.3, 0.4) is 0 Å². The van der Waals surface area contributed by atoms with E-state index in [0.29, 0.717) is 44.9 Å². The number of aliphatic hydroxyl groups is 1. The molecule has 37 heavy (non-hydrogen) atoms. The van der Waals surface area contributed by atoms with Crippen LogP contribution >= 0.6 is 0 Å². The number of amides is 2. The first-order chi connectivity index (χ1) is 17.8. The van der Waals surface area contributed by atoms with Gasteiger partial charge < -0.3 is 35.0 Å². The van der Waals surface area contributed by atoms with Crippen LogP contribution in [0.4, 0.5) is 10.5 Å². The van der Waals surface area contributed by atoms with Crippen LogP contribution in [0.15, 0.2) is 36.7 Å². The number of nitrogens with two attached hydrogens (primary N) is 1. The van der Waals surface area contributed by atoms with Gasteiger partial charge in [-0.3, -0.25) is 4.79 Å². The lowest BCUT2D eigenvalue weighted by Crippen LogP contribution is -2.47. The minimum absolute atomic E-state index is 0.0817. The molecular weight excluding hydrogens is 472 g/mol. The molecule has 3 saturated heterocycles. The molecular formula is C28H40N4O5. The van der Waals surface area contributed by atoms with Gasteiger partial charge in [-0.25, -0.2) is 4.79 Å². The Bertz CT molecular complexity index is 975. The van der Waals surface area contributed by atoms with Crippen molar-refractivity contribution in [3.8, 4) is 5.75 Å². The highest BCUT2D eigenvalue weighted by atomic mass is 16.6. The van der Waals surface area contributed by atoms with E-state index in [1.807, 2.05) is 39.0 Å². The van der Waals surface area contributed by atoms with Gasteiger partial charge in [0, 0.05) is 70.0 Å². The lowest BCUT2D eigenvalue weighted by atomic mass is 9.80. The van der Waals surface area contributed by atoms with Gasteiger partial charge in [-0.1, -0.05) is 0 Å². The van der Waals surface area contributed by atoms with Crippen LogP contribution < -0.4 is 10.5 Å². The molecule has 4 aliphatic rings. The number of anilines is 1. The molecule has 3 heterocycles. The topological polar surface area (TPSA) is 109 Å². The standard InChI is InChI=1S/C28H40N4O5/c1-20(33)30-16-12-28(13-17-30)19-32(27(35)37-28)18-21-2-4-22(5-3-21)26(34)31-14-10-25(11-15-31)36-24-8-6-23(29)7-9-24/h6-9,21-22,25,33H,1-5,10-19,29H2/t21-,22-. The van der Waals surface area contributed by atoms with E-state index in [9.17, 15) is 14.7 Å². The van der Waals surface area contributed by atoms with Crippen LogP contribution in [-0.2, 0) is 9.53 Å². The molecule has 202 valence electrons. The molecule has 0 bridgehead atoms. The van der Waals surface area contributed by atoms with Crippen molar-refractivity contribution in [2.45, 2.75) is 63.1 Å². The second-order valence-corrected chi connectivity index (χ2v) is 11.3. The van der Waals surface area contributed by atoms with Crippen LogP contribution in [0.25, 0.3) is 0 Å². The Labute approximate surface area is 219 Å². The lowest BCUT2D eigenvalue weighted by molar-refractivity contribution is -0.138. The Morgan fingerprint density at radius 2 is 1.68 bits per heavy atom. The summed E-state index contributed by atoms with van der Waals surface area (Å²) in [5.74, 6) is 1.67. The number of carbonyl (C=O) groups is 2. The molecule has 1 saturated carbocycles. The zero-order valence-corrected chi connectivity index (χ0v) is 21.6. The van der Waals surface area contributed by atoms with Crippen LogP contribution in [0.5, 0.6) is 5.75 Å². The van der Waals surface area contributed by atoms with E-state index < -0.39 is 5.60 Å². The molecule has 9 nitrogen and oxygen atoms in total. The maximum Gasteiger partial charge on any atom is 0.410 e. The Balaban J connectivity index is 1.03. The van der Waals surface area contributed by atoms with Gasteiger partial charge in [-0.05, 0) is 62.4 Å². The molecule has 2 amide bonds. The fourth-order valence-corrected chi connectivity index (χ4v) is 6.36. The molecule has 5 rings (SSSR count). The minimum Gasteiger partial charge on any atom is -0.495 e. The van der Waals surface area contributed by atoms with Gasteiger partial charge in [-0.2, -0.15) is 0 Å². The minimum atomic E-state index is -0.445. The van der Waals surface area contributed by atoms with Gasteiger partial charge in [0.15, 0.2) is 5.88 Å². The molecule has 0 radical (unpaired) electrons. The molecule has 1 spiro atoms. The maximum atomic E-state index is 13.2. The summed E-state index contributed by atoms with van der Waals surface area (Å²) in [4.78, 5) is 31.5. The first-order valence-electron chi connectivity index (χ1n) is 13.7. The molecule has 1 aromatic carbocycles. The SMILES string of the molecule is C=C(O)N1CCC2(CC1)CN(C[C@H]1CC[C@H](C(=O)N3CCC(Oc4ccc(N)cc4)CC3)CC1)C(=O)O2. The second-order valence-electron chi connectivity index (χ2n) is 11.3. The van der Waals surface area contributed by atoms with E-state index in [1.165, 1.54) is 0 Å².